The van der Waals surface area contributed by atoms with Crippen LogP contribution in [-0.2, 0) is 0 Å². The zero-order valence-electron chi connectivity index (χ0n) is 6.62. The van der Waals surface area contributed by atoms with Crippen LogP contribution in [0.25, 0.3) is 0 Å². The van der Waals surface area contributed by atoms with Gasteiger partial charge in [-0.05, 0) is 12.8 Å². The topological polar surface area (TPSA) is 34.3 Å². The molecule has 0 aromatic rings. The van der Waals surface area contributed by atoms with Crippen LogP contribution < -0.4 is 5.43 Å². The highest BCUT2D eigenvalue weighted by atomic mass is 19.4. The van der Waals surface area contributed by atoms with Gasteiger partial charge in [-0.3, -0.25) is 5.43 Å². The van der Waals surface area contributed by atoms with Crippen LogP contribution in [0.5, 0.6) is 0 Å². The molecule has 2 nitrogen and oxygen atoms in total. The molecule has 0 fully saturated rings. The number of alkyl halides is 3. The minimum Gasteiger partial charge on any atom is -0.262 e. The maximum absolute atomic E-state index is 11.6. The average molecular weight is 180 g/mol. The molecule has 0 amide bonds. The highest BCUT2D eigenvalue weighted by Gasteiger charge is 2.25. The third-order valence-corrected chi connectivity index (χ3v) is 1.64. The molecule has 0 radical (unpaired) electrons. The predicted molar refractivity (Wildman–Crippen MR) is 39.7 cm³/mol. The average Bonchev–Trinajstić information content (AvgIpc) is 2.68. The maximum Gasteiger partial charge on any atom is 0.389 e. The van der Waals surface area contributed by atoms with Crippen molar-refractivity contribution in [1.82, 2.24) is 5.43 Å². The van der Waals surface area contributed by atoms with Crippen molar-refractivity contribution >= 4 is 5.84 Å². The summed E-state index contributed by atoms with van der Waals surface area (Å²) in [6.07, 6.45) is -2.21. The molecule has 0 spiro atoms. The first-order chi connectivity index (χ1) is 5.58. The molecule has 1 aliphatic heterocycles. The standard InChI is InChI=1S/C7H11F3N2/c8-7(9,10)5-3-1-2-4-6-11-12-6/h1-5H2,(H,11,12). The fraction of sp³-hybridized carbons (Fsp3) is 0.857. The number of hydrazone groups is 1. The van der Waals surface area contributed by atoms with Crippen LogP contribution in [0, 0.1) is 0 Å². The second-order valence-electron chi connectivity index (χ2n) is 2.85. The van der Waals surface area contributed by atoms with E-state index < -0.39 is 12.6 Å². The first-order valence-corrected chi connectivity index (χ1v) is 3.97. The summed E-state index contributed by atoms with van der Waals surface area (Å²) in [5, 5.41) is 3.69. The van der Waals surface area contributed by atoms with Gasteiger partial charge < -0.3 is 0 Å². The molecule has 1 heterocycles. The molecule has 0 unspecified atom stereocenters. The predicted octanol–water partition coefficient (Wildman–Crippen LogP) is 2.42. The summed E-state index contributed by atoms with van der Waals surface area (Å²) >= 11 is 0. The Morgan fingerprint density at radius 3 is 2.33 bits per heavy atom. The van der Waals surface area contributed by atoms with E-state index in [1.54, 1.807) is 0 Å². The van der Waals surface area contributed by atoms with Gasteiger partial charge in [-0.25, -0.2) is 0 Å². The zero-order valence-corrected chi connectivity index (χ0v) is 6.62. The molecular formula is C7H11F3N2. The summed E-state index contributed by atoms with van der Waals surface area (Å²) in [6, 6.07) is 0. The molecule has 1 rings (SSSR count). The zero-order chi connectivity index (χ0) is 9.03. The minimum atomic E-state index is -3.99. The van der Waals surface area contributed by atoms with Crippen LogP contribution >= 0.6 is 0 Å². The molecule has 12 heavy (non-hydrogen) atoms. The van der Waals surface area contributed by atoms with Crippen LogP contribution in [0.4, 0.5) is 13.2 Å². The molecule has 1 aliphatic rings. The number of halogens is 3. The lowest BCUT2D eigenvalue weighted by molar-refractivity contribution is -0.135. The Morgan fingerprint density at radius 1 is 1.17 bits per heavy atom. The van der Waals surface area contributed by atoms with Crippen molar-refractivity contribution in [2.45, 2.75) is 38.3 Å². The smallest absolute Gasteiger partial charge is 0.262 e. The SMILES string of the molecule is FC(F)(F)CCCCCC1=NN1. The lowest BCUT2D eigenvalue weighted by Crippen LogP contribution is -2.06. The van der Waals surface area contributed by atoms with Crippen molar-refractivity contribution in [3.8, 4) is 0 Å². The van der Waals surface area contributed by atoms with E-state index in [1.165, 1.54) is 0 Å². The number of unbranched alkanes of at least 4 members (excludes halogenated alkanes) is 2. The second kappa shape index (κ2) is 3.78. The van der Waals surface area contributed by atoms with Gasteiger partial charge in [0.1, 0.15) is 5.84 Å². The summed E-state index contributed by atoms with van der Waals surface area (Å²) in [6.45, 7) is 0. The third-order valence-electron chi connectivity index (χ3n) is 1.64. The van der Waals surface area contributed by atoms with Gasteiger partial charge in [-0.2, -0.15) is 18.3 Å². The van der Waals surface area contributed by atoms with Crippen molar-refractivity contribution in [2.75, 3.05) is 0 Å². The van der Waals surface area contributed by atoms with E-state index in [1.807, 2.05) is 0 Å². The van der Waals surface area contributed by atoms with E-state index in [2.05, 4.69) is 10.5 Å². The lowest BCUT2D eigenvalue weighted by atomic mass is 10.1. The molecule has 5 heteroatoms. The van der Waals surface area contributed by atoms with Crippen molar-refractivity contribution in [2.24, 2.45) is 5.10 Å². The third kappa shape index (κ3) is 4.98. The molecule has 0 aromatic heterocycles. The number of nitrogens with zero attached hydrogens (tertiary/aromatic N) is 1. The minimum absolute atomic E-state index is 0.233. The normalized spacial score (nSPS) is 15.4. The molecule has 0 atom stereocenters. The summed E-state index contributed by atoms with van der Waals surface area (Å²) in [5.41, 5.74) is 2.66. The number of hydrogen-bond acceptors (Lipinski definition) is 2. The summed E-state index contributed by atoms with van der Waals surface area (Å²) in [5.74, 6) is 0.919. The maximum atomic E-state index is 11.6. The van der Waals surface area contributed by atoms with Gasteiger partial charge in [-0.15, -0.1) is 0 Å². The van der Waals surface area contributed by atoms with E-state index in [0.29, 0.717) is 6.42 Å². The van der Waals surface area contributed by atoms with Gasteiger partial charge in [0.05, 0.1) is 0 Å². The van der Waals surface area contributed by atoms with Gasteiger partial charge in [0.15, 0.2) is 0 Å². The van der Waals surface area contributed by atoms with E-state index >= 15 is 0 Å². The largest absolute Gasteiger partial charge is 0.389 e. The number of hydrogen-bond donors (Lipinski definition) is 1. The Balaban J connectivity index is 1.85. The van der Waals surface area contributed by atoms with Gasteiger partial charge in [0.25, 0.3) is 0 Å². The van der Waals surface area contributed by atoms with Crippen LogP contribution in [0.1, 0.15) is 32.1 Å². The molecule has 70 valence electrons. The lowest BCUT2D eigenvalue weighted by Gasteiger charge is -2.04. The van der Waals surface area contributed by atoms with Crippen molar-refractivity contribution in [1.29, 1.82) is 0 Å². The highest BCUT2D eigenvalue weighted by molar-refractivity contribution is 5.90. The Bertz CT molecular complexity index is 174. The molecule has 0 saturated heterocycles. The number of nitrogens with one attached hydrogen (secondary N) is 1. The van der Waals surface area contributed by atoms with Crippen molar-refractivity contribution in [3.63, 3.8) is 0 Å². The van der Waals surface area contributed by atoms with Crippen LogP contribution in [0.15, 0.2) is 5.10 Å². The van der Waals surface area contributed by atoms with Crippen LogP contribution in [0.3, 0.4) is 0 Å². The second-order valence-corrected chi connectivity index (χ2v) is 2.85. The molecule has 0 bridgehead atoms. The van der Waals surface area contributed by atoms with Crippen molar-refractivity contribution in [3.05, 3.63) is 0 Å². The first-order valence-electron chi connectivity index (χ1n) is 3.97. The molecule has 0 aliphatic carbocycles. The highest BCUT2D eigenvalue weighted by Crippen LogP contribution is 2.22. The first kappa shape index (κ1) is 9.35. The summed E-state index contributed by atoms with van der Waals surface area (Å²) in [4.78, 5) is 0. The fourth-order valence-electron chi connectivity index (χ4n) is 0.946. The summed E-state index contributed by atoms with van der Waals surface area (Å²) < 4.78 is 34.9. The quantitative estimate of drug-likeness (QED) is 0.648. The van der Waals surface area contributed by atoms with E-state index in [9.17, 15) is 13.2 Å². The monoisotopic (exact) mass is 180 g/mol. The van der Waals surface area contributed by atoms with Gasteiger partial charge >= 0.3 is 6.18 Å². The van der Waals surface area contributed by atoms with Crippen molar-refractivity contribution < 1.29 is 13.2 Å². The molecule has 0 saturated carbocycles. The van der Waals surface area contributed by atoms with Gasteiger partial charge in [0.2, 0.25) is 0 Å². The Hall–Kier alpha value is -0.740. The summed E-state index contributed by atoms with van der Waals surface area (Å²) in [7, 11) is 0. The van der Waals surface area contributed by atoms with Crippen LogP contribution in [0.2, 0.25) is 0 Å². The molecule has 1 N–H and O–H groups in total. The van der Waals surface area contributed by atoms with E-state index in [4.69, 9.17) is 0 Å². The number of amidine groups is 1. The van der Waals surface area contributed by atoms with E-state index in [0.717, 1.165) is 18.7 Å². The van der Waals surface area contributed by atoms with Gasteiger partial charge in [0, 0.05) is 12.8 Å². The Morgan fingerprint density at radius 2 is 1.83 bits per heavy atom. The van der Waals surface area contributed by atoms with Crippen LogP contribution in [-0.4, -0.2) is 12.0 Å². The Kier molecular flexibility index (Phi) is 2.94. The fourth-order valence-corrected chi connectivity index (χ4v) is 0.946. The Labute approximate surface area is 68.8 Å². The molecular weight excluding hydrogens is 169 g/mol. The molecule has 0 aromatic carbocycles. The number of rotatable bonds is 5. The van der Waals surface area contributed by atoms with Gasteiger partial charge in [-0.1, -0.05) is 6.42 Å². The van der Waals surface area contributed by atoms with E-state index in [-0.39, 0.29) is 6.42 Å².